The first-order valence-corrected chi connectivity index (χ1v) is 6.15. The molecule has 1 aromatic carbocycles. The van der Waals surface area contributed by atoms with Gasteiger partial charge in [0.15, 0.2) is 0 Å². The Morgan fingerprint density at radius 1 is 1.31 bits per heavy atom. The number of aryl methyl sites for hydroxylation is 1. The molecule has 0 aliphatic rings. The topological polar surface area (TPSA) is 58.6 Å². The summed E-state index contributed by atoms with van der Waals surface area (Å²) in [5.74, 6) is 0.729. The number of rotatable bonds is 4. The van der Waals surface area contributed by atoms with E-state index in [1.165, 1.54) is 14.1 Å². The summed E-state index contributed by atoms with van der Waals surface area (Å²) in [5, 5.41) is 0. The molecular formula is C10H16N2O3S. The van der Waals surface area contributed by atoms with Gasteiger partial charge >= 0.3 is 10.2 Å². The van der Waals surface area contributed by atoms with Crippen LogP contribution in [0, 0.1) is 6.92 Å². The first-order valence-electron chi connectivity index (χ1n) is 4.71. The van der Waals surface area contributed by atoms with E-state index in [1.807, 2.05) is 6.92 Å². The van der Waals surface area contributed by atoms with E-state index in [0.29, 0.717) is 5.69 Å². The number of nitrogens with one attached hydrogen (secondary N) is 1. The number of nitrogens with zero attached hydrogens (tertiary/aromatic N) is 1. The molecule has 0 bridgehead atoms. The zero-order valence-electron chi connectivity index (χ0n) is 9.81. The Kier molecular flexibility index (Phi) is 3.77. The minimum absolute atomic E-state index is 0.520. The molecule has 1 rings (SSSR count). The average Bonchev–Trinajstić information content (AvgIpc) is 2.17. The number of hydrogen-bond donors (Lipinski definition) is 1. The third kappa shape index (κ3) is 2.86. The molecule has 90 valence electrons. The molecule has 1 aromatic rings. The fourth-order valence-electron chi connectivity index (χ4n) is 1.18. The van der Waals surface area contributed by atoms with E-state index in [9.17, 15) is 8.42 Å². The first-order chi connectivity index (χ1) is 7.36. The van der Waals surface area contributed by atoms with Crippen molar-refractivity contribution in [3.8, 4) is 5.75 Å². The molecule has 16 heavy (non-hydrogen) atoms. The van der Waals surface area contributed by atoms with Crippen LogP contribution in [0.4, 0.5) is 5.69 Å². The molecule has 0 atom stereocenters. The van der Waals surface area contributed by atoms with Crippen LogP contribution in [0.2, 0.25) is 0 Å². The van der Waals surface area contributed by atoms with Gasteiger partial charge in [-0.25, -0.2) is 0 Å². The average molecular weight is 244 g/mol. The highest BCUT2D eigenvalue weighted by atomic mass is 32.2. The Bertz CT molecular complexity index is 469. The van der Waals surface area contributed by atoms with Crippen molar-refractivity contribution in [1.29, 1.82) is 0 Å². The molecule has 1 N–H and O–H groups in total. The Hall–Kier alpha value is -1.27. The maximum absolute atomic E-state index is 11.5. The van der Waals surface area contributed by atoms with Crippen molar-refractivity contribution in [3.63, 3.8) is 0 Å². The van der Waals surface area contributed by atoms with Crippen molar-refractivity contribution in [2.75, 3.05) is 25.9 Å². The van der Waals surface area contributed by atoms with Gasteiger partial charge in [0.25, 0.3) is 0 Å². The van der Waals surface area contributed by atoms with Crippen molar-refractivity contribution < 1.29 is 13.2 Å². The highest BCUT2D eigenvalue weighted by molar-refractivity contribution is 7.90. The number of anilines is 1. The second-order valence-corrected chi connectivity index (χ2v) is 5.46. The highest BCUT2D eigenvalue weighted by Crippen LogP contribution is 2.22. The molecular weight excluding hydrogens is 228 g/mol. The van der Waals surface area contributed by atoms with E-state index in [1.54, 1.807) is 25.3 Å². The van der Waals surface area contributed by atoms with Crippen molar-refractivity contribution in [2.24, 2.45) is 0 Å². The Morgan fingerprint density at radius 3 is 2.38 bits per heavy atom. The van der Waals surface area contributed by atoms with Crippen LogP contribution in [0.3, 0.4) is 0 Å². The zero-order chi connectivity index (χ0) is 12.3. The predicted octanol–water partition coefficient (Wildman–Crippen LogP) is 1.22. The molecule has 0 saturated heterocycles. The van der Waals surface area contributed by atoms with Gasteiger partial charge in [0, 0.05) is 14.1 Å². The van der Waals surface area contributed by atoms with Crippen LogP contribution in [-0.2, 0) is 10.2 Å². The van der Waals surface area contributed by atoms with E-state index in [-0.39, 0.29) is 0 Å². The second-order valence-electron chi connectivity index (χ2n) is 3.57. The minimum Gasteiger partial charge on any atom is -0.496 e. The first kappa shape index (κ1) is 12.8. The molecule has 6 heteroatoms. The largest absolute Gasteiger partial charge is 0.496 e. The summed E-state index contributed by atoms with van der Waals surface area (Å²) in [5.41, 5.74) is 1.40. The summed E-state index contributed by atoms with van der Waals surface area (Å²) in [4.78, 5) is 0. The van der Waals surface area contributed by atoms with Gasteiger partial charge in [-0.05, 0) is 30.7 Å². The lowest BCUT2D eigenvalue weighted by atomic mass is 10.2. The summed E-state index contributed by atoms with van der Waals surface area (Å²) in [6.45, 7) is 1.85. The van der Waals surface area contributed by atoms with E-state index in [0.717, 1.165) is 15.6 Å². The lowest BCUT2D eigenvalue weighted by Gasteiger charge is -2.14. The van der Waals surface area contributed by atoms with Gasteiger partial charge in [0.2, 0.25) is 0 Å². The predicted molar refractivity (Wildman–Crippen MR) is 64.0 cm³/mol. The number of methoxy groups -OCH3 is 1. The Morgan fingerprint density at radius 2 is 1.94 bits per heavy atom. The summed E-state index contributed by atoms with van der Waals surface area (Å²) < 4.78 is 31.8. The summed E-state index contributed by atoms with van der Waals surface area (Å²) in [6, 6.07) is 5.11. The zero-order valence-corrected chi connectivity index (χ0v) is 10.6. The smallest absolute Gasteiger partial charge is 0.301 e. The molecule has 0 fully saturated rings. The monoisotopic (exact) mass is 244 g/mol. The van der Waals surface area contributed by atoms with E-state index >= 15 is 0 Å². The Balaban J connectivity index is 2.96. The normalized spacial score (nSPS) is 11.6. The van der Waals surface area contributed by atoms with Crippen LogP contribution >= 0.6 is 0 Å². The SMILES string of the molecule is COc1ccc(NS(=O)(=O)N(C)C)cc1C. The van der Waals surface area contributed by atoms with Crippen LogP contribution in [0.1, 0.15) is 5.56 Å². The molecule has 0 heterocycles. The lowest BCUT2D eigenvalue weighted by Crippen LogP contribution is -2.28. The number of benzene rings is 1. The molecule has 0 spiro atoms. The molecule has 0 amide bonds. The quantitative estimate of drug-likeness (QED) is 0.866. The van der Waals surface area contributed by atoms with Crippen LogP contribution < -0.4 is 9.46 Å². The fourth-order valence-corrected chi connectivity index (χ4v) is 1.79. The van der Waals surface area contributed by atoms with Gasteiger partial charge < -0.3 is 4.74 Å². The molecule has 0 unspecified atom stereocenters. The maximum atomic E-state index is 11.5. The summed E-state index contributed by atoms with van der Waals surface area (Å²) in [6.07, 6.45) is 0. The van der Waals surface area contributed by atoms with Gasteiger partial charge in [0.1, 0.15) is 5.75 Å². The van der Waals surface area contributed by atoms with Crippen LogP contribution in [0.5, 0.6) is 5.75 Å². The van der Waals surface area contributed by atoms with Gasteiger partial charge in [-0.3, -0.25) is 4.72 Å². The summed E-state index contributed by atoms with van der Waals surface area (Å²) >= 11 is 0. The van der Waals surface area contributed by atoms with Crippen LogP contribution in [-0.4, -0.2) is 33.9 Å². The second kappa shape index (κ2) is 4.71. The van der Waals surface area contributed by atoms with E-state index in [2.05, 4.69) is 4.72 Å². The standard InChI is InChI=1S/C10H16N2O3S/c1-8-7-9(5-6-10(8)15-4)11-16(13,14)12(2)3/h5-7,11H,1-4H3. The van der Waals surface area contributed by atoms with Gasteiger partial charge in [-0.15, -0.1) is 0 Å². The third-order valence-corrected chi connectivity index (χ3v) is 3.58. The molecule has 0 radical (unpaired) electrons. The number of ether oxygens (including phenoxy) is 1. The van der Waals surface area contributed by atoms with Crippen LogP contribution in [0.15, 0.2) is 18.2 Å². The van der Waals surface area contributed by atoms with Crippen LogP contribution in [0.25, 0.3) is 0 Å². The molecule has 0 saturated carbocycles. The maximum Gasteiger partial charge on any atom is 0.301 e. The van der Waals surface area contributed by atoms with Gasteiger partial charge in [-0.1, -0.05) is 0 Å². The minimum atomic E-state index is -3.45. The summed E-state index contributed by atoms with van der Waals surface area (Å²) in [7, 11) is 1.07. The van der Waals surface area contributed by atoms with Crippen molar-refractivity contribution in [3.05, 3.63) is 23.8 Å². The van der Waals surface area contributed by atoms with Gasteiger partial charge in [-0.2, -0.15) is 12.7 Å². The highest BCUT2D eigenvalue weighted by Gasteiger charge is 2.13. The molecule has 5 nitrogen and oxygen atoms in total. The van der Waals surface area contributed by atoms with E-state index < -0.39 is 10.2 Å². The van der Waals surface area contributed by atoms with Crippen molar-refractivity contribution in [1.82, 2.24) is 4.31 Å². The molecule has 0 aliphatic heterocycles. The molecule has 0 aliphatic carbocycles. The fraction of sp³-hybridized carbons (Fsp3) is 0.400. The van der Waals surface area contributed by atoms with Crippen molar-refractivity contribution >= 4 is 15.9 Å². The van der Waals surface area contributed by atoms with Gasteiger partial charge in [0.05, 0.1) is 12.8 Å². The number of hydrogen-bond acceptors (Lipinski definition) is 3. The van der Waals surface area contributed by atoms with E-state index in [4.69, 9.17) is 4.74 Å². The Labute approximate surface area is 96.2 Å². The lowest BCUT2D eigenvalue weighted by molar-refractivity contribution is 0.412. The third-order valence-electron chi connectivity index (χ3n) is 2.12. The van der Waals surface area contributed by atoms with Crippen molar-refractivity contribution in [2.45, 2.75) is 6.92 Å². The molecule has 0 aromatic heterocycles.